The smallest absolute Gasteiger partial charge is 0.0537 e. The predicted molar refractivity (Wildman–Crippen MR) is 65.0 cm³/mol. The number of hydrogen-bond donors (Lipinski definition) is 1. The summed E-state index contributed by atoms with van der Waals surface area (Å²) >= 11 is 0. The van der Waals surface area contributed by atoms with Crippen LogP contribution in [0.4, 0.5) is 0 Å². The van der Waals surface area contributed by atoms with Crippen molar-refractivity contribution in [2.24, 2.45) is 18.7 Å². The highest BCUT2D eigenvalue weighted by Gasteiger charge is 2.19. The first kappa shape index (κ1) is 11.6. The van der Waals surface area contributed by atoms with Crippen molar-refractivity contribution in [1.29, 1.82) is 0 Å². The van der Waals surface area contributed by atoms with E-state index in [-0.39, 0.29) is 6.04 Å². The van der Waals surface area contributed by atoms with Crippen molar-refractivity contribution in [2.45, 2.75) is 25.8 Å². The molecular weight excluding hydrogens is 200 g/mol. The minimum Gasteiger partial charge on any atom is -0.323 e. The fourth-order valence-electron chi connectivity index (χ4n) is 2.47. The summed E-state index contributed by atoms with van der Waals surface area (Å²) in [4.78, 5) is 2.48. The van der Waals surface area contributed by atoms with Gasteiger partial charge in [-0.1, -0.05) is 6.92 Å². The first-order valence-corrected chi connectivity index (χ1v) is 6.11. The van der Waals surface area contributed by atoms with Crippen LogP contribution in [0.3, 0.4) is 0 Å². The van der Waals surface area contributed by atoms with E-state index in [2.05, 4.69) is 16.9 Å². The molecule has 2 rings (SSSR count). The van der Waals surface area contributed by atoms with E-state index in [1.807, 2.05) is 24.1 Å². The van der Waals surface area contributed by atoms with Gasteiger partial charge in [-0.15, -0.1) is 0 Å². The summed E-state index contributed by atoms with van der Waals surface area (Å²) in [5, 5.41) is 4.16. The Morgan fingerprint density at radius 2 is 2.44 bits per heavy atom. The van der Waals surface area contributed by atoms with Gasteiger partial charge in [-0.3, -0.25) is 4.68 Å². The highest BCUT2D eigenvalue weighted by atomic mass is 15.2. The molecule has 0 spiro atoms. The number of aryl methyl sites for hydroxylation is 1. The van der Waals surface area contributed by atoms with Gasteiger partial charge in [0.05, 0.1) is 6.20 Å². The number of hydrogen-bond acceptors (Lipinski definition) is 3. The summed E-state index contributed by atoms with van der Waals surface area (Å²) in [5.41, 5.74) is 7.33. The van der Waals surface area contributed by atoms with E-state index in [1.54, 1.807) is 0 Å². The van der Waals surface area contributed by atoms with Crippen LogP contribution in [0, 0.1) is 5.92 Å². The van der Waals surface area contributed by atoms with Crippen LogP contribution in [0.15, 0.2) is 12.4 Å². The van der Waals surface area contributed by atoms with E-state index in [1.165, 1.54) is 25.9 Å². The zero-order valence-corrected chi connectivity index (χ0v) is 10.3. The normalized spacial score (nSPS) is 24.6. The molecule has 1 saturated heterocycles. The Morgan fingerprint density at radius 3 is 3.06 bits per heavy atom. The summed E-state index contributed by atoms with van der Waals surface area (Å²) in [7, 11) is 1.93. The van der Waals surface area contributed by atoms with Gasteiger partial charge in [0.2, 0.25) is 0 Å². The molecule has 1 aliphatic heterocycles. The van der Waals surface area contributed by atoms with Crippen LogP contribution in [0.1, 0.15) is 31.4 Å². The maximum Gasteiger partial charge on any atom is 0.0537 e. The largest absolute Gasteiger partial charge is 0.323 e. The Hall–Kier alpha value is -0.870. The van der Waals surface area contributed by atoms with Crippen LogP contribution in [-0.4, -0.2) is 34.3 Å². The second-order valence-corrected chi connectivity index (χ2v) is 5.06. The average molecular weight is 222 g/mol. The van der Waals surface area contributed by atoms with E-state index in [0.29, 0.717) is 0 Å². The second-order valence-electron chi connectivity index (χ2n) is 5.06. The van der Waals surface area contributed by atoms with Crippen molar-refractivity contribution in [3.63, 3.8) is 0 Å². The summed E-state index contributed by atoms with van der Waals surface area (Å²) in [6, 6.07) is 0.0963. The first-order chi connectivity index (χ1) is 7.65. The third kappa shape index (κ3) is 2.83. The summed E-state index contributed by atoms with van der Waals surface area (Å²) in [6.45, 7) is 5.66. The van der Waals surface area contributed by atoms with E-state index in [0.717, 1.165) is 18.0 Å². The second kappa shape index (κ2) is 4.97. The van der Waals surface area contributed by atoms with Crippen LogP contribution < -0.4 is 5.73 Å². The molecule has 0 unspecified atom stereocenters. The third-order valence-electron chi connectivity index (χ3n) is 3.35. The van der Waals surface area contributed by atoms with E-state index in [9.17, 15) is 0 Å². The lowest BCUT2D eigenvalue weighted by Gasteiger charge is -2.32. The van der Waals surface area contributed by atoms with Gasteiger partial charge in [-0.05, 0) is 25.3 Å². The Labute approximate surface area is 97.4 Å². The van der Waals surface area contributed by atoms with Gasteiger partial charge >= 0.3 is 0 Å². The van der Waals surface area contributed by atoms with Crippen LogP contribution in [0.2, 0.25) is 0 Å². The van der Waals surface area contributed by atoms with Gasteiger partial charge in [0.1, 0.15) is 0 Å². The van der Waals surface area contributed by atoms with Gasteiger partial charge in [0.25, 0.3) is 0 Å². The predicted octanol–water partition coefficient (Wildman–Crippen LogP) is 1.15. The van der Waals surface area contributed by atoms with Crippen molar-refractivity contribution in [3.8, 4) is 0 Å². The molecular formula is C12H22N4. The van der Waals surface area contributed by atoms with Crippen molar-refractivity contribution >= 4 is 0 Å². The Kier molecular flexibility index (Phi) is 3.61. The topological polar surface area (TPSA) is 47.1 Å². The van der Waals surface area contributed by atoms with Crippen LogP contribution in [0.25, 0.3) is 0 Å². The molecule has 4 nitrogen and oxygen atoms in total. The Bertz CT molecular complexity index is 334. The monoisotopic (exact) mass is 222 g/mol. The molecule has 1 aromatic rings. The molecule has 1 aromatic heterocycles. The molecule has 1 aliphatic rings. The van der Waals surface area contributed by atoms with E-state index >= 15 is 0 Å². The van der Waals surface area contributed by atoms with Crippen molar-refractivity contribution in [2.75, 3.05) is 19.6 Å². The lowest BCUT2D eigenvalue weighted by atomic mass is 9.99. The molecule has 0 amide bonds. The summed E-state index contributed by atoms with van der Waals surface area (Å²) in [5.74, 6) is 0.815. The molecule has 90 valence electrons. The van der Waals surface area contributed by atoms with Crippen LogP contribution in [0.5, 0.6) is 0 Å². The summed E-state index contributed by atoms with van der Waals surface area (Å²) < 4.78 is 1.81. The highest BCUT2D eigenvalue weighted by Crippen LogP contribution is 2.18. The molecule has 0 aromatic carbocycles. The molecule has 2 atom stereocenters. The maximum atomic E-state index is 6.19. The maximum absolute atomic E-state index is 6.19. The van der Waals surface area contributed by atoms with Gasteiger partial charge in [-0.2, -0.15) is 5.10 Å². The Balaban J connectivity index is 1.89. The zero-order chi connectivity index (χ0) is 11.5. The molecule has 1 fully saturated rings. The van der Waals surface area contributed by atoms with Gasteiger partial charge < -0.3 is 10.6 Å². The highest BCUT2D eigenvalue weighted by molar-refractivity contribution is 5.10. The minimum absolute atomic E-state index is 0.0963. The number of aromatic nitrogens is 2. The van der Waals surface area contributed by atoms with Crippen LogP contribution >= 0.6 is 0 Å². The van der Waals surface area contributed by atoms with E-state index in [4.69, 9.17) is 5.73 Å². The molecule has 0 bridgehead atoms. The lowest BCUT2D eigenvalue weighted by Crippen LogP contribution is -2.39. The molecule has 2 heterocycles. The molecule has 0 radical (unpaired) electrons. The average Bonchev–Trinajstić information content (AvgIpc) is 2.65. The minimum atomic E-state index is 0.0963. The number of piperidine rings is 1. The number of nitrogens with zero attached hydrogens (tertiary/aromatic N) is 3. The molecule has 16 heavy (non-hydrogen) atoms. The number of rotatable bonds is 3. The van der Waals surface area contributed by atoms with Crippen LogP contribution in [-0.2, 0) is 7.05 Å². The number of likely N-dealkylation sites (tertiary alicyclic amines) is 1. The standard InChI is InChI=1S/C12H22N4/c1-10-4-3-5-16(7-10)9-12(13)11-6-14-15(2)8-11/h6,8,10,12H,3-5,7,9,13H2,1-2H3/t10-,12-/m0/s1. The Morgan fingerprint density at radius 1 is 1.62 bits per heavy atom. The fourth-order valence-corrected chi connectivity index (χ4v) is 2.47. The van der Waals surface area contributed by atoms with Crippen molar-refractivity contribution in [1.82, 2.24) is 14.7 Å². The zero-order valence-electron chi connectivity index (χ0n) is 10.3. The third-order valence-corrected chi connectivity index (χ3v) is 3.35. The fraction of sp³-hybridized carbons (Fsp3) is 0.750. The summed E-state index contributed by atoms with van der Waals surface area (Å²) in [6.07, 6.45) is 6.55. The molecule has 0 aliphatic carbocycles. The van der Waals surface area contributed by atoms with Gasteiger partial charge in [-0.25, -0.2) is 0 Å². The molecule has 4 heteroatoms. The van der Waals surface area contributed by atoms with Crippen molar-refractivity contribution < 1.29 is 0 Å². The lowest BCUT2D eigenvalue weighted by molar-refractivity contribution is 0.174. The van der Waals surface area contributed by atoms with Gasteiger partial charge in [0, 0.05) is 37.9 Å². The molecule has 0 saturated carbocycles. The molecule has 2 N–H and O–H groups in total. The van der Waals surface area contributed by atoms with Crippen molar-refractivity contribution in [3.05, 3.63) is 18.0 Å². The SMILES string of the molecule is C[C@H]1CCCN(C[C@H](N)c2cnn(C)c2)C1. The first-order valence-electron chi connectivity index (χ1n) is 6.11. The van der Waals surface area contributed by atoms with Gasteiger partial charge in [0.15, 0.2) is 0 Å². The van der Waals surface area contributed by atoms with E-state index < -0.39 is 0 Å². The quantitative estimate of drug-likeness (QED) is 0.834. The number of nitrogens with two attached hydrogens (primary N) is 1.